The molecule has 0 bridgehead atoms. The number of hydrogen-bond donors (Lipinski definition) is 0. The van der Waals surface area contributed by atoms with E-state index in [0.29, 0.717) is 0 Å². The summed E-state index contributed by atoms with van der Waals surface area (Å²) in [6, 6.07) is 61.1. The van der Waals surface area contributed by atoms with Crippen molar-refractivity contribution >= 4 is 33.5 Å². The second-order valence-electron chi connectivity index (χ2n) is 14.7. The number of rotatable bonds is 5. The Morgan fingerprint density at radius 2 is 1.17 bits per heavy atom. The summed E-state index contributed by atoms with van der Waals surface area (Å²) in [5.41, 5.74) is 14.3. The summed E-state index contributed by atoms with van der Waals surface area (Å²) in [5, 5.41) is 2.50. The highest BCUT2D eigenvalue weighted by Gasteiger charge is 2.36. The van der Waals surface area contributed by atoms with Crippen molar-refractivity contribution < 1.29 is 0 Å². The highest BCUT2D eigenvalue weighted by Crippen LogP contribution is 2.51. The summed E-state index contributed by atoms with van der Waals surface area (Å²) >= 11 is 0. The lowest BCUT2D eigenvalue weighted by molar-refractivity contribution is 0.383. The fourth-order valence-corrected chi connectivity index (χ4v) is 8.53. The van der Waals surface area contributed by atoms with Crippen molar-refractivity contribution in [3.63, 3.8) is 0 Å². The lowest BCUT2D eigenvalue weighted by atomic mass is 9.82. The van der Waals surface area contributed by atoms with Crippen LogP contribution in [0.5, 0.6) is 0 Å². The van der Waals surface area contributed by atoms with E-state index >= 15 is 0 Å². The smallest absolute Gasteiger partial charge is 0.159 e. The molecule has 10 rings (SSSR count). The summed E-state index contributed by atoms with van der Waals surface area (Å²) in [6.45, 7) is 4.72. The summed E-state index contributed by atoms with van der Waals surface area (Å²) in [4.78, 5) is 12.7. The molecule has 4 heteroatoms. The first-order valence-corrected chi connectivity index (χ1v) is 18.3. The second kappa shape index (κ2) is 12.0. The molecule has 1 aliphatic heterocycles. The van der Waals surface area contributed by atoms with Crippen molar-refractivity contribution in [3.8, 4) is 27.9 Å². The SMILES string of the molecule is CN1C(c2ccccc2)=NC(c2cccc(-n3c4ccc(-c5ccccc5)cc4c4cc5c(cc43)-c3ccccc3C5(C)C)c2)=NC1c1ccccc1. The molecular formula is C49H38N4. The molecule has 0 N–H and O–H groups in total. The van der Waals surface area contributed by atoms with Gasteiger partial charge in [0.05, 0.1) is 11.0 Å². The van der Waals surface area contributed by atoms with Gasteiger partial charge in [0, 0.05) is 40.0 Å². The van der Waals surface area contributed by atoms with Crippen LogP contribution >= 0.6 is 0 Å². The zero-order valence-electron chi connectivity index (χ0n) is 30.0. The van der Waals surface area contributed by atoms with Crippen molar-refractivity contribution in [1.29, 1.82) is 0 Å². The molecule has 0 spiro atoms. The summed E-state index contributed by atoms with van der Waals surface area (Å²) < 4.78 is 2.43. The van der Waals surface area contributed by atoms with Gasteiger partial charge in [0.1, 0.15) is 12.0 Å². The van der Waals surface area contributed by atoms with Gasteiger partial charge in [-0.3, -0.25) is 0 Å². The number of aliphatic imine (C=N–C) groups is 2. The van der Waals surface area contributed by atoms with E-state index in [0.717, 1.165) is 34.0 Å². The van der Waals surface area contributed by atoms with Gasteiger partial charge in [-0.15, -0.1) is 0 Å². The first-order chi connectivity index (χ1) is 26.0. The normalized spacial score (nSPS) is 16.0. The fourth-order valence-electron chi connectivity index (χ4n) is 8.53. The molecule has 53 heavy (non-hydrogen) atoms. The lowest BCUT2D eigenvalue weighted by Gasteiger charge is -2.32. The maximum Gasteiger partial charge on any atom is 0.159 e. The van der Waals surface area contributed by atoms with Crippen LogP contribution in [-0.4, -0.2) is 28.2 Å². The van der Waals surface area contributed by atoms with Crippen LogP contribution in [0.15, 0.2) is 180 Å². The lowest BCUT2D eigenvalue weighted by Crippen LogP contribution is -2.35. The zero-order chi connectivity index (χ0) is 35.7. The molecule has 1 unspecified atom stereocenters. The molecule has 0 saturated carbocycles. The van der Waals surface area contributed by atoms with Crippen molar-refractivity contribution in [3.05, 3.63) is 198 Å². The Bertz CT molecular complexity index is 2760. The maximum absolute atomic E-state index is 5.31. The minimum Gasteiger partial charge on any atom is -0.333 e. The topological polar surface area (TPSA) is 32.9 Å². The fraction of sp³-hybridized carbons (Fsp3) is 0.102. The standard InChI is InChI=1S/C49H38N4/c1-49(2)42-25-14-13-24-38(42)39-31-45-41(30-43(39)49)40-29-35(32-16-7-4-8-17-32)26-27-44(40)53(45)37-23-15-22-36(28-37)46-50-47(33-18-9-5-10-19-33)52(3)48(51-46)34-20-11-6-12-21-34/h4-31,47H,1-3H3. The van der Waals surface area contributed by atoms with Gasteiger partial charge in [0.2, 0.25) is 0 Å². The Kier molecular flexibility index (Phi) is 7.09. The second-order valence-corrected chi connectivity index (χ2v) is 14.7. The van der Waals surface area contributed by atoms with Crippen LogP contribution in [0, 0.1) is 0 Å². The molecule has 1 aliphatic carbocycles. The van der Waals surface area contributed by atoms with Crippen LogP contribution in [0.1, 0.15) is 47.8 Å². The minimum absolute atomic E-state index is 0.0957. The van der Waals surface area contributed by atoms with Gasteiger partial charge >= 0.3 is 0 Å². The molecule has 2 heterocycles. The quantitative estimate of drug-likeness (QED) is 0.178. The van der Waals surface area contributed by atoms with Gasteiger partial charge in [-0.2, -0.15) is 0 Å². The molecule has 0 radical (unpaired) electrons. The molecule has 1 atom stereocenters. The predicted molar refractivity (Wildman–Crippen MR) is 220 cm³/mol. The third-order valence-corrected chi connectivity index (χ3v) is 11.2. The summed E-state index contributed by atoms with van der Waals surface area (Å²) in [6.07, 6.45) is -0.210. The molecule has 0 amide bonds. The minimum atomic E-state index is -0.210. The molecule has 4 nitrogen and oxygen atoms in total. The number of nitrogens with zero attached hydrogens (tertiary/aromatic N) is 4. The van der Waals surface area contributed by atoms with Crippen LogP contribution in [-0.2, 0) is 5.41 Å². The molecule has 1 aromatic heterocycles. The number of fused-ring (bicyclic) bond motifs is 6. The van der Waals surface area contributed by atoms with E-state index in [1.54, 1.807) is 0 Å². The van der Waals surface area contributed by atoms with E-state index in [1.807, 2.05) is 6.07 Å². The Morgan fingerprint density at radius 1 is 0.509 bits per heavy atom. The first kappa shape index (κ1) is 31.2. The summed E-state index contributed by atoms with van der Waals surface area (Å²) in [7, 11) is 2.08. The van der Waals surface area contributed by atoms with E-state index in [9.17, 15) is 0 Å². The van der Waals surface area contributed by atoms with E-state index in [1.165, 1.54) is 55.2 Å². The Balaban J connectivity index is 1.20. The van der Waals surface area contributed by atoms with E-state index < -0.39 is 0 Å². The Morgan fingerprint density at radius 3 is 1.94 bits per heavy atom. The monoisotopic (exact) mass is 682 g/mol. The van der Waals surface area contributed by atoms with Crippen LogP contribution < -0.4 is 0 Å². The van der Waals surface area contributed by atoms with E-state index in [2.05, 4.69) is 194 Å². The highest BCUT2D eigenvalue weighted by atomic mass is 15.3. The largest absolute Gasteiger partial charge is 0.333 e. The van der Waals surface area contributed by atoms with E-state index in [4.69, 9.17) is 9.98 Å². The highest BCUT2D eigenvalue weighted by molar-refractivity contribution is 6.14. The van der Waals surface area contributed by atoms with Crippen LogP contribution in [0.4, 0.5) is 0 Å². The van der Waals surface area contributed by atoms with Crippen LogP contribution in [0.2, 0.25) is 0 Å². The van der Waals surface area contributed by atoms with E-state index in [-0.39, 0.29) is 11.6 Å². The van der Waals surface area contributed by atoms with Gasteiger partial charge in [-0.25, -0.2) is 9.98 Å². The van der Waals surface area contributed by atoms with Crippen LogP contribution in [0.3, 0.4) is 0 Å². The van der Waals surface area contributed by atoms with Crippen molar-refractivity contribution in [2.24, 2.45) is 9.98 Å². The average Bonchev–Trinajstić information content (AvgIpc) is 3.65. The van der Waals surface area contributed by atoms with Gasteiger partial charge in [-0.1, -0.05) is 147 Å². The molecule has 0 saturated heterocycles. The maximum atomic E-state index is 5.31. The Labute approximate surface area is 310 Å². The number of amidine groups is 2. The van der Waals surface area contributed by atoms with Gasteiger partial charge in [0.25, 0.3) is 0 Å². The van der Waals surface area contributed by atoms with Crippen LogP contribution in [0.25, 0.3) is 49.7 Å². The average molecular weight is 683 g/mol. The van der Waals surface area contributed by atoms with Crippen molar-refractivity contribution in [2.75, 3.05) is 7.05 Å². The predicted octanol–water partition coefficient (Wildman–Crippen LogP) is 11.6. The molecule has 254 valence electrons. The summed E-state index contributed by atoms with van der Waals surface area (Å²) in [5.74, 6) is 1.62. The molecule has 8 aromatic rings. The molecule has 0 fully saturated rings. The third kappa shape index (κ3) is 4.97. The van der Waals surface area contributed by atoms with Crippen molar-refractivity contribution in [1.82, 2.24) is 9.47 Å². The molecule has 2 aliphatic rings. The number of hydrogen-bond acceptors (Lipinski definition) is 3. The Hall–Kier alpha value is -6.52. The van der Waals surface area contributed by atoms with Gasteiger partial charge in [0.15, 0.2) is 5.84 Å². The van der Waals surface area contributed by atoms with Gasteiger partial charge in [-0.05, 0) is 75.3 Å². The van der Waals surface area contributed by atoms with Crippen molar-refractivity contribution in [2.45, 2.75) is 25.4 Å². The number of benzene rings is 7. The zero-order valence-corrected chi connectivity index (χ0v) is 30.0. The third-order valence-electron chi connectivity index (χ3n) is 11.2. The molecular weight excluding hydrogens is 645 g/mol. The molecule has 7 aromatic carbocycles. The van der Waals surface area contributed by atoms with Gasteiger partial charge < -0.3 is 9.47 Å². The number of aromatic nitrogens is 1. The first-order valence-electron chi connectivity index (χ1n) is 18.3.